The van der Waals surface area contributed by atoms with Gasteiger partial charge in [0, 0.05) is 29.2 Å². The normalized spacial score (nSPS) is 21.2. The molecule has 0 spiro atoms. The zero-order valence-corrected chi connectivity index (χ0v) is 19.2. The van der Waals surface area contributed by atoms with Crippen LogP contribution in [-0.4, -0.2) is 34.2 Å². The molecule has 1 aliphatic heterocycles. The number of anilines is 1. The number of hydrogen-bond donors (Lipinski definition) is 2. The third-order valence-corrected chi connectivity index (χ3v) is 7.72. The minimum absolute atomic E-state index is 0.120. The average Bonchev–Trinajstić information content (AvgIpc) is 3.20. The number of alkyl halides is 3. The Morgan fingerprint density at radius 3 is 2.48 bits per heavy atom. The fourth-order valence-corrected chi connectivity index (χ4v) is 5.80. The number of nitrogens with one attached hydrogen (secondary N) is 1. The summed E-state index contributed by atoms with van der Waals surface area (Å²) < 4.78 is 38.8. The summed E-state index contributed by atoms with van der Waals surface area (Å²) in [5.74, 6) is 0. The number of aliphatic hydroxyl groups excluding tert-OH is 1. The summed E-state index contributed by atoms with van der Waals surface area (Å²) in [5.41, 5.74) is 0.766. The summed E-state index contributed by atoms with van der Waals surface area (Å²) in [6.45, 7) is 1.32. The van der Waals surface area contributed by atoms with Gasteiger partial charge in [0.25, 0.3) is 0 Å². The van der Waals surface area contributed by atoms with Crippen LogP contribution in [-0.2, 0) is 11.7 Å². The van der Waals surface area contributed by atoms with Crippen molar-refractivity contribution in [2.75, 3.05) is 18.4 Å². The Labute approximate surface area is 199 Å². The molecule has 2 aromatic carbocycles. The Balaban J connectivity index is 1.40. The molecule has 5 rings (SSSR count). The van der Waals surface area contributed by atoms with Crippen LogP contribution in [0.15, 0.2) is 54.7 Å². The smallest absolute Gasteiger partial charge is 0.392 e. The molecule has 2 N–H and O–H groups in total. The van der Waals surface area contributed by atoms with E-state index in [1.807, 2.05) is 30.5 Å². The van der Waals surface area contributed by atoms with E-state index < -0.39 is 11.7 Å². The molecule has 2 fully saturated rings. The monoisotopic (exact) mass is 493 g/mol. The van der Waals surface area contributed by atoms with Gasteiger partial charge in [-0.1, -0.05) is 41.9 Å². The summed E-state index contributed by atoms with van der Waals surface area (Å²) in [6, 6.07) is 12.9. The topological polar surface area (TPSA) is 48.4 Å². The Morgan fingerprint density at radius 2 is 1.88 bits per heavy atom. The molecular weight excluding hydrogens is 471 g/mol. The van der Waals surface area contributed by atoms with E-state index in [4.69, 9.17) is 11.6 Å². The fourth-order valence-electron chi connectivity index (χ4n) is 4.49. The van der Waals surface area contributed by atoms with Crippen molar-refractivity contribution in [3.63, 3.8) is 0 Å². The minimum atomic E-state index is -4.34. The van der Waals surface area contributed by atoms with Gasteiger partial charge in [0.2, 0.25) is 0 Å². The van der Waals surface area contributed by atoms with Crippen LogP contribution in [0.1, 0.15) is 46.9 Å². The van der Waals surface area contributed by atoms with Crippen molar-refractivity contribution < 1.29 is 18.3 Å². The number of aromatic nitrogens is 1. The minimum Gasteiger partial charge on any atom is -0.392 e. The molecule has 9 heteroatoms. The summed E-state index contributed by atoms with van der Waals surface area (Å²) in [4.78, 5) is 7.80. The number of nitrogens with zero attached hydrogens (tertiary/aromatic N) is 2. The number of rotatable bonds is 6. The van der Waals surface area contributed by atoms with Crippen LogP contribution in [0.5, 0.6) is 0 Å². The average molecular weight is 494 g/mol. The van der Waals surface area contributed by atoms with Crippen LogP contribution >= 0.6 is 22.9 Å². The number of thiazole rings is 1. The Hall–Kier alpha value is -2.13. The molecule has 4 nitrogen and oxygen atoms in total. The highest BCUT2D eigenvalue weighted by molar-refractivity contribution is 7.15. The lowest BCUT2D eigenvalue weighted by molar-refractivity contribution is -0.137. The summed E-state index contributed by atoms with van der Waals surface area (Å²) >= 11 is 8.05. The maximum Gasteiger partial charge on any atom is 0.416 e. The molecule has 2 heterocycles. The molecule has 1 aliphatic carbocycles. The van der Waals surface area contributed by atoms with Crippen LogP contribution in [0.3, 0.4) is 0 Å². The Bertz CT molecular complexity index is 1130. The predicted octanol–water partition coefficient (Wildman–Crippen LogP) is 6.07. The van der Waals surface area contributed by atoms with Gasteiger partial charge in [0.05, 0.1) is 23.2 Å². The maximum absolute atomic E-state index is 12.9. The molecule has 1 saturated carbocycles. The van der Waals surface area contributed by atoms with Gasteiger partial charge >= 0.3 is 6.18 Å². The van der Waals surface area contributed by atoms with Gasteiger partial charge in [0.15, 0.2) is 5.13 Å². The van der Waals surface area contributed by atoms with Gasteiger partial charge in [-0.15, -0.1) is 11.3 Å². The third kappa shape index (κ3) is 4.62. The van der Waals surface area contributed by atoms with Gasteiger partial charge in [-0.3, -0.25) is 4.90 Å². The van der Waals surface area contributed by atoms with E-state index >= 15 is 0 Å². The van der Waals surface area contributed by atoms with E-state index in [-0.39, 0.29) is 17.7 Å². The first kappa shape index (κ1) is 22.7. The largest absolute Gasteiger partial charge is 0.416 e. The SMILES string of the molecule is O[C@@H]1CCN(C(c2cnc(NC3(c4ccc(C(F)(F)F)cc4)CC3)s2)c2ccccc2Cl)C1. The highest BCUT2D eigenvalue weighted by Crippen LogP contribution is 2.50. The zero-order chi connectivity index (χ0) is 23.2. The van der Waals surface area contributed by atoms with Crippen molar-refractivity contribution in [3.05, 3.63) is 81.3 Å². The van der Waals surface area contributed by atoms with Gasteiger partial charge < -0.3 is 10.4 Å². The van der Waals surface area contributed by atoms with Gasteiger partial charge in [-0.25, -0.2) is 4.98 Å². The lowest BCUT2D eigenvalue weighted by atomic mass is 10.0. The van der Waals surface area contributed by atoms with Crippen molar-refractivity contribution in [1.82, 2.24) is 9.88 Å². The van der Waals surface area contributed by atoms with Crippen molar-refractivity contribution in [3.8, 4) is 0 Å². The van der Waals surface area contributed by atoms with E-state index in [1.165, 1.54) is 11.3 Å². The predicted molar refractivity (Wildman–Crippen MR) is 124 cm³/mol. The first-order chi connectivity index (χ1) is 15.7. The molecule has 1 aromatic heterocycles. The number of benzene rings is 2. The van der Waals surface area contributed by atoms with E-state index in [2.05, 4.69) is 15.2 Å². The molecule has 174 valence electrons. The second-order valence-corrected chi connectivity index (χ2v) is 10.2. The molecule has 0 bridgehead atoms. The highest BCUT2D eigenvalue weighted by Gasteiger charge is 2.45. The first-order valence-electron chi connectivity index (χ1n) is 10.8. The van der Waals surface area contributed by atoms with Crippen LogP contribution in [0.2, 0.25) is 5.02 Å². The van der Waals surface area contributed by atoms with Crippen LogP contribution in [0.25, 0.3) is 0 Å². The number of likely N-dealkylation sites (tertiary alicyclic amines) is 1. The van der Waals surface area contributed by atoms with Crippen molar-refractivity contribution in [2.45, 2.75) is 43.1 Å². The van der Waals surface area contributed by atoms with Gasteiger partial charge in [0.1, 0.15) is 0 Å². The second-order valence-electron chi connectivity index (χ2n) is 8.71. The van der Waals surface area contributed by atoms with E-state index in [1.54, 1.807) is 12.1 Å². The standard InChI is InChI=1S/C24H23ClF3N3OS/c25-19-4-2-1-3-18(19)21(31-12-9-17(32)14-31)20-13-29-22(33-20)30-23(10-11-23)15-5-7-16(8-6-15)24(26,27)28/h1-8,13,17,21,32H,9-12,14H2,(H,29,30)/t17-,21?/m1/s1. The lowest BCUT2D eigenvalue weighted by Gasteiger charge is -2.27. The molecular formula is C24H23ClF3N3OS. The van der Waals surface area contributed by atoms with Crippen LogP contribution in [0, 0.1) is 0 Å². The molecule has 1 saturated heterocycles. The molecule has 0 amide bonds. The van der Waals surface area contributed by atoms with Crippen LogP contribution < -0.4 is 5.32 Å². The summed E-state index contributed by atoms with van der Waals surface area (Å²) in [6.07, 6.45) is -0.505. The number of hydrogen-bond acceptors (Lipinski definition) is 5. The molecule has 0 radical (unpaired) electrons. The van der Waals surface area contributed by atoms with Gasteiger partial charge in [-0.05, 0) is 48.6 Å². The zero-order valence-electron chi connectivity index (χ0n) is 17.6. The molecule has 33 heavy (non-hydrogen) atoms. The fraction of sp³-hybridized carbons (Fsp3) is 0.375. The Kier molecular flexibility index (Phi) is 5.89. The van der Waals surface area contributed by atoms with Crippen LogP contribution in [0.4, 0.5) is 18.3 Å². The molecule has 1 unspecified atom stereocenters. The van der Waals surface area contributed by atoms with Crippen molar-refractivity contribution >= 4 is 28.1 Å². The van der Waals surface area contributed by atoms with E-state index in [0.717, 1.165) is 52.7 Å². The number of halogens is 4. The van der Waals surface area contributed by atoms with Crippen molar-refractivity contribution in [2.24, 2.45) is 0 Å². The molecule has 2 atom stereocenters. The second kappa shape index (κ2) is 8.58. The van der Waals surface area contributed by atoms with E-state index in [9.17, 15) is 18.3 Å². The quantitative estimate of drug-likeness (QED) is 0.437. The highest BCUT2D eigenvalue weighted by atomic mass is 35.5. The number of β-amino-alcohol motifs (C(OH)–C–C–N with tert-alkyl or cyclic N) is 1. The Morgan fingerprint density at radius 1 is 1.15 bits per heavy atom. The van der Waals surface area contributed by atoms with Crippen molar-refractivity contribution in [1.29, 1.82) is 0 Å². The summed E-state index contributed by atoms with van der Waals surface area (Å²) in [7, 11) is 0. The summed E-state index contributed by atoms with van der Waals surface area (Å²) in [5, 5.41) is 15.0. The maximum atomic E-state index is 12.9. The third-order valence-electron chi connectivity index (χ3n) is 6.41. The molecule has 3 aromatic rings. The lowest BCUT2D eigenvalue weighted by Crippen LogP contribution is -2.28. The number of aliphatic hydroxyl groups is 1. The first-order valence-corrected chi connectivity index (χ1v) is 12.0. The molecule has 2 aliphatic rings. The van der Waals surface area contributed by atoms with E-state index in [0.29, 0.717) is 18.0 Å². The van der Waals surface area contributed by atoms with Gasteiger partial charge in [-0.2, -0.15) is 13.2 Å².